The summed E-state index contributed by atoms with van der Waals surface area (Å²) in [5.74, 6) is 8.78. The monoisotopic (exact) mass is 638 g/mol. The summed E-state index contributed by atoms with van der Waals surface area (Å²) < 4.78 is 86.4. The van der Waals surface area contributed by atoms with Crippen LogP contribution in [0.25, 0.3) is 0 Å². The van der Waals surface area contributed by atoms with E-state index in [0.717, 1.165) is 24.7 Å². The van der Waals surface area contributed by atoms with Gasteiger partial charge in [-0.15, -0.1) is 0 Å². The third-order valence-corrected chi connectivity index (χ3v) is 7.92. The van der Waals surface area contributed by atoms with Crippen molar-refractivity contribution < 1.29 is 31.6 Å². The van der Waals surface area contributed by atoms with Gasteiger partial charge in [0.05, 0.1) is 12.1 Å². The van der Waals surface area contributed by atoms with Crippen molar-refractivity contribution in [2.45, 2.75) is 22.2 Å². The fourth-order valence-corrected chi connectivity index (χ4v) is 5.33. The van der Waals surface area contributed by atoms with Gasteiger partial charge >= 0.3 is 5.92 Å². The second kappa shape index (κ2) is 13.8. The van der Waals surface area contributed by atoms with Crippen LogP contribution in [-0.4, -0.2) is 32.5 Å². The fourth-order valence-electron chi connectivity index (χ4n) is 4.24. The van der Waals surface area contributed by atoms with Gasteiger partial charge in [0.25, 0.3) is 0 Å². The van der Waals surface area contributed by atoms with E-state index in [0.29, 0.717) is 39.2 Å². The van der Waals surface area contributed by atoms with E-state index in [2.05, 4.69) is 21.9 Å². The van der Waals surface area contributed by atoms with E-state index in [1.54, 1.807) is 30.3 Å². The van der Waals surface area contributed by atoms with Crippen molar-refractivity contribution in [1.29, 1.82) is 5.26 Å². The number of halogens is 5. The molecule has 3 aromatic carbocycles. The lowest BCUT2D eigenvalue weighted by Crippen LogP contribution is -2.53. The number of hydrogen-bond donors (Lipinski definition) is 3. The van der Waals surface area contributed by atoms with Gasteiger partial charge in [-0.25, -0.2) is 19.0 Å². The number of pyridine rings is 1. The number of nitriles is 1. The molecule has 8 nitrogen and oxygen atoms in total. The van der Waals surface area contributed by atoms with Gasteiger partial charge in [0.2, 0.25) is 0 Å². The SMILES string of the molecule is N#Cc1ccc(C[S+]([O-])c2ccc(C#Cc3ccc(C(F)(F)C(O)(CN(N)/C=N\N)c4ccc(F)cc4F)nc3)cc2)cc1F. The van der Waals surface area contributed by atoms with Crippen LogP contribution in [0.2, 0.25) is 0 Å². The number of aliphatic hydroxyl groups is 1. The van der Waals surface area contributed by atoms with Crippen LogP contribution in [0, 0.1) is 40.6 Å². The molecular formula is C31H23F5N6O2S. The van der Waals surface area contributed by atoms with Crippen LogP contribution in [0.1, 0.15) is 33.5 Å². The Morgan fingerprint density at radius 3 is 2.27 bits per heavy atom. The standard InChI is InChI=1S/C31H23F5N6O2S/c32-24-8-11-26(28(34)14-24)30(43,18-42(39)19-41-38)31(35,36)29-12-6-21(16-40-29)2-1-20-4-9-25(10-5-20)45(44)17-22-3-7-23(15-37)27(33)13-22/h3-14,16,19,43H,17-18,38-39H2/b41-19-. The molecule has 0 bridgehead atoms. The molecule has 0 radical (unpaired) electrons. The molecule has 0 saturated heterocycles. The molecule has 0 aliphatic heterocycles. The van der Waals surface area contributed by atoms with Crippen molar-refractivity contribution in [1.82, 2.24) is 9.99 Å². The summed E-state index contributed by atoms with van der Waals surface area (Å²) in [6, 6.07) is 15.9. The topological polar surface area (TPSA) is 148 Å². The van der Waals surface area contributed by atoms with Crippen molar-refractivity contribution in [2.24, 2.45) is 16.8 Å². The molecule has 14 heteroatoms. The fraction of sp³-hybridized carbons (Fsp3) is 0.129. The Morgan fingerprint density at radius 2 is 1.67 bits per heavy atom. The summed E-state index contributed by atoms with van der Waals surface area (Å²) in [5, 5.41) is 23.6. The molecule has 4 rings (SSSR count). The van der Waals surface area contributed by atoms with E-state index >= 15 is 8.78 Å². The Balaban J connectivity index is 1.52. The van der Waals surface area contributed by atoms with Gasteiger partial charge in [0.1, 0.15) is 41.3 Å². The lowest BCUT2D eigenvalue weighted by Gasteiger charge is -2.37. The van der Waals surface area contributed by atoms with Crippen molar-refractivity contribution in [3.05, 3.63) is 130 Å². The quantitative estimate of drug-likeness (QED) is 0.0475. The third kappa shape index (κ3) is 7.39. The van der Waals surface area contributed by atoms with E-state index in [9.17, 15) is 22.8 Å². The minimum absolute atomic E-state index is 0.0309. The molecule has 1 heterocycles. The Hall–Kier alpha value is -4.99. The van der Waals surface area contributed by atoms with Crippen LogP contribution in [0.5, 0.6) is 0 Å². The van der Waals surface area contributed by atoms with Gasteiger partial charge < -0.3 is 15.5 Å². The average Bonchev–Trinajstić information content (AvgIpc) is 3.00. The first-order chi connectivity index (χ1) is 21.4. The highest BCUT2D eigenvalue weighted by Gasteiger charge is 2.58. The maximum Gasteiger partial charge on any atom is 0.323 e. The lowest BCUT2D eigenvalue weighted by atomic mass is 9.84. The first-order valence-corrected chi connectivity index (χ1v) is 14.2. The predicted molar refractivity (Wildman–Crippen MR) is 156 cm³/mol. The number of hydrazine groups is 1. The Labute approximate surface area is 257 Å². The third-order valence-electron chi connectivity index (χ3n) is 6.53. The molecule has 0 aliphatic carbocycles. The number of alkyl halides is 2. The second-order valence-electron chi connectivity index (χ2n) is 9.62. The predicted octanol–water partition coefficient (Wildman–Crippen LogP) is 4.14. The molecule has 0 spiro atoms. The molecule has 5 N–H and O–H groups in total. The summed E-state index contributed by atoms with van der Waals surface area (Å²) in [6.45, 7) is -1.10. The summed E-state index contributed by atoms with van der Waals surface area (Å²) in [5.41, 5.74) is -4.15. The van der Waals surface area contributed by atoms with Crippen molar-refractivity contribution in [3.63, 3.8) is 0 Å². The smallest absolute Gasteiger partial charge is 0.323 e. The molecule has 0 amide bonds. The average molecular weight is 639 g/mol. The minimum atomic E-state index is -4.26. The number of aromatic nitrogens is 1. The Morgan fingerprint density at radius 1 is 0.978 bits per heavy atom. The largest absolute Gasteiger partial charge is 0.611 e. The molecule has 230 valence electrons. The zero-order valence-corrected chi connectivity index (χ0v) is 23.9. The minimum Gasteiger partial charge on any atom is -0.611 e. The summed E-state index contributed by atoms with van der Waals surface area (Å²) in [7, 11) is 0. The van der Waals surface area contributed by atoms with Gasteiger partial charge in [0.15, 0.2) is 10.5 Å². The zero-order chi connectivity index (χ0) is 32.8. The number of hydrogen-bond acceptors (Lipinski definition) is 7. The lowest BCUT2D eigenvalue weighted by molar-refractivity contribution is -0.203. The Bertz CT molecular complexity index is 1810. The van der Waals surface area contributed by atoms with Crippen LogP contribution in [0.15, 0.2) is 89.0 Å². The maximum absolute atomic E-state index is 15.8. The van der Waals surface area contributed by atoms with E-state index < -0.39 is 58.0 Å². The van der Waals surface area contributed by atoms with Crippen molar-refractivity contribution >= 4 is 17.5 Å². The molecule has 0 aliphatic rings. The number of rotatable bonds is 9. The van der Waals surface area contributed by atoms with E-state index in [4.69, 9.17) is 16.9 Å². The maximum atomic E-state index is 15.8. The normalized spacial score (nSPS) is 13.4. The molecule has 45 heavy (non-hydrogen) atoms. The van der Waals surface area contributed by atoms with Crippen molar-refractivity contribution in [3.8, 4) is 17.9 Å². The highest BCUT2D eigenvalue weighted by molar-refractivity contribution is 7.90. The van der Waals surface area contributed by atoms with Gasteiger partial charge in [-0.3, -0.25) is 9.99 Å². The van der Waals surface area contributed by atoms with E-state index in [1.165, 1.54) is 18.2 Å². The van der Waals surface area contributed by atoms with Gasteiger partial charge in [-0.2, -0.15) is 19.1 Å². The molecular weight excluding hydrogens is 615 g/mol. The number of nitrogens with zero attached hydrogens (tertiary/aromatic N) is 4. The molecule has 2 unspecified atom stereocenters. The highest BCUT2D eigenvalue weighted by atomic mass is 32.2. The number of hydrazone groups is 1. The molecule has 2 atom stereocenters. The van der Waals surface area contributed by atoms with Crippen LogP contribution >= 0.6 is 0 Å². The first-order valence-electron chi connectivity index (χ1n) is 12.8. The van der Waals surface area contributed by atoms with Crippen molar-refractivity contribution in [2.75, 3.05) is 6.54 Å². The summed E-state index contributed by atoms with van der Waals surface area (Å²) in [6.07, 6.45) is 1.76. The van der Waals surface area contributed by atoms with Gasteiger partial charge in [0, 0.05) is 34.5 Å². The highest BCUT2D eigenvalue weighted by Crippen LogP contribution is 2.46. The molecule has 4 aromatic rings. The number of benzene rings is 3. The first kappa shape index (κ1) is 32.9. The Kier molecular flexibility index (Phi) is 10.1. The van der Waals surface area contributed by atoms with Crippen LogP contribution in [-0.2, 0) is 28.5 Å². The summed E-state index contributed by atoms with van der Waals surface area (Å²) in [4.78, 5) is 4.19. The zero-order valence-electron chi connectivity index (χ0n) is 23.1. The molecule has 0 fully saturated rings. The van der Waals surface area contributed by atoms with Gasteiger partial charge in [-0.05, 0) is 71.8 Å². The second-order valence-corrected chi connectivity index (χ2v) is 11.1. The van der Waals surface area contributed by atoms with Crippen LogP contribution in [0.3, 0.4) is 0 Å². The molecule has 0 saturated carbocycles. The summed E-state index contributed by atoms with van der Waals surface area (Å²) >= 11 is -1.51. The molecule has 1 aromatic heterocycles. The van der Waals surface area contributed by atoms with E-state index in [1.807, 2.05) is 0 Å². The van der Waals surface area contributed by atoms with E-state index in [-0.39, 0.29) is 16.9 Å². The number of nitrogens with two attached hydrogens (primary N) is 2. The van der Waals surface area contributed by atoms with Gasteiger partial charge in [-0.1, -0.05) is 17.9 Å². The van der Waals surface area contributed by atoms with Crippen LogP contribution < -0.4 is 11.7 Å². The van der Waals surface area contributed by atoms with Crippen LogP contribution in [0.4, 0.5) is 22.0 Å².